The molecule has 104 valence electrons. The Morgan fingerprint density at radius 3 is 2.22 bits per heavy atom. The van der Waals surface area contributed by atoms with Crippen LogP contribution in [0.2, 0.25) is 0 Å². The minimum Gasteiger partial charge on any atom is -0.398 e. The smallest absolute Gasteiger partial charge is 0.0349 e. The van der Waals surface area contributed by atoms with Crippen molar-refractivity contribution in [2.45, 2.75) is 67.2 Å². The van der Waals surface area contributed by atoms with Crippen LogP contribution >= 0.6 is 0 Å². The average Bonchev–Trinajstić information content (AvgIpc) is 2.37. The zero-order valence-electron chi connectivity index (χ0n) is 13.1. The summed E-state index contributed by atoms with van der Waals surface area (Å²) < 4.78 is 0. The highest BCUT2D eigenvalue weighted by atomic mass is 14.6. The molecule has 1 heteroatoms. The lowest BCUT2D eigenvalue weighted by Crippen LogP contribution is -2.07. The van der Waals surface area contributed by atoms with E-state index >= 15 is 0 Å². The van der Waals surface area contributed by atoms with Crippen molar-refractivity contribution in [3.8, 4) is 0 Å². The number of nitrogens with two attached hydrogens (primary N) is 1. The van der Waals surface area contributed by atoms with Crippen molar-refractivity contribution >= 4 is 0 Å². The third-order valence-electron chi connectivity index (χ3n) is 3.58. The van der Waals surface area contributed by atoms with Crippen molar-refractivity contribution in [3.63, 3.8) is 0 Å². The molecule has 0 aliphatic rings. The van der Waals surface area contributed by atoms with E-state index in [1.165, 1.54) is 23.1 Å². The maximum Gasteiger partial charge on any atom is 0.0349 e. The topological polar surface area (TPSA) is 26.0 Å². The largest absolute Gasteiger partial charge is 0.398 e. The predicted octanol–water partition coefficient (Wildman–Crippen LogP) is 5.35. The highest BCUT2D eigenvalue weighted by molar-refractivity contribution is 5.47. The molecular formula is C17H31N. The van der Waals surface area contributed by atoms with Crippen LogP contribution in [0.25, 0.3) is 0 Å². The molecule has 18 heavy (non-hydrogen) atoms. The lowest BCUT2D eigenvalue weighted by Gasteiger charge is -2.16. The quantitative estimate of drug-likeness (QED) is 0.605. The maximum absolute atomic E-state index is 6.29. The van der Waals surface area contributed by atoms with E-state index in [2.05, 4.69) is 53.7 Å². The highest BCUT2D eigenvalue weighted by Crippen LogP contribution is 2.26. The van der Waals surface area contributed by atoms with E-state index in [1.54, 1.807) is 0 Å². The van der Waals surface area contributed by atoms with Gasteiger partial charge in [0.1, 0.15) is 0 Å². The molecule has 0 rings (SSSR count). The Balaban J connectivity index is 5.35. The van der Waals surface area contributed by atoms with Gasteiger partial charge in [-0.3, -0.25) is 0 Å². The predicted molar refractivity (Wildman–Crippen MR) is 83.4 cm³/mol. The Bertz CT molecular complexity index is 332. The molecule has 0 heterocycles. The fourth-order valence-electron chi connectivity index (χ4n) is 2.07. The summed E-state index contributed by atoms with van der Waals surface area (Å²) in [5.41, 5.74) is 11.4. The molecule has 0 aliphatic carbocycles. The van der Waals surface area contributed by atoms with Crippen LogP contribution in [-0.4, -0.2) is 0 Å². The van der Waals surface area contributed by atoms with Crippen molar-refractivity contribution in [3.05, 3.63) is 34.6 Å². The molecule has 0 aromatic carbocycles. The van der Waals surface area contributed by atoms with Gasteiger partial charge in [0, 0.05) is 5.70 Å². The van der Waals surface area contributed by atoms with Gasteiger partial charge in [0.05, 0.1) is 0 Å². The molecule has 0 bridgehead atoms. The molecule has 0 radical (unpaired) electrons. The first-order valence-corrected chi connectivity index (χ1v) is 7.34. The first-order chi connectivity index (χ1) is 8.51. The normalized spacial score (nSPS) is 16.6. The number of hydrogen-bond donors (Lipinski definition) is 1. The molecule has 0 saturated carbocycles. The molecule has 1 atom stereocenters. The summed E-state index contributed by atoms with van der Waals surface area (Å²) in [4.78, 5) is 0. The summed E-state index contributed by atoms with van der Waals surface area (Å²) in [6.07, 6.45) is 8.89. The molecule has 1 unspecified atom stereocenters. The second-order valence-corrected chi connectivity index (χ2v) is 5.07. The van der Waals surface area contributed by atoms with Crippen LogP contribution < -0.4 is 5.73 Å². The van der Waals surface area contributed by atoms with E-state index in [0.717, 1.165) is 25.0 Å². The van der Waals surface area contributed by atoms with Gasteiger partial charge >= 0.3 is 0 Å². The van der Waals surface area contributed by atoms with Crippen molar-refractivity contribution in [1.82, 2.24) is 0 Å². The van der Waals surface area contributed by atoms with Gasteiger partial charge in [0.25, 0.3) is 0 Å². The molecule has 0 aromatic heterocycles. The Labute approximate surface area is 114 Å². The zero-order chi connectivity index (χ0) is 14.1. The number of rotatable bonds is 7. The van der Waals surface area contributed by atoms with E-state index in [1.807, 2.05) is 0 Å². The molecular weight excluding hydrogens is 218 g/mol. The Hall–Kier alpha value is -0.980. The minimum absolute atomic E-state index is 0.546. The van der Waals surface area contributed by atoms with Gasteiger partial charge in [-0.25, -0.2) is 0 Å². The molecule has 0 saturated heterocycles. The van der Waals surface area contributed by atoms with Crippen molar-refractivity contribution < 1.29 is 0 Å². The van der Waals surface area contributed by atoms with Crippen molar-refractivity contribution in [2.24, 2.45) is 11.7 Å². The Morgan fingerprint density at radius 2 is 1.83 bits per heavy atom. The summed E-state index contributed by atoms with van der Waals surface area (Å²) in [6.45, 7) is 13.2. The van der Waals surface area contributed by atoms with E-state index in [4.69, 9.17) is 5.73 Å². The first kappa shape index (κ1) is 17.0. The van der Waals surface area contributed by atoms with E-state index in [0.29, 0.717) is 5.92 Å². The molecule has 1 nitrogen and oxygen atoms in total. The standard InChI is InChI=1S/C17H31N/c1-7-11-16(14(6)9-3)15(10-4)17(18)12-13(5)8-2/h10,12-13H,7-9,11,18H2,1-6H3/b15-10-,16-14+,17-12+. The zero-order valence-corrected chi connectivity index (χ0v) is 13.1. The van der Waals surface area contributed by atoms with Gasteiger partial charge in [-0.1, -0.05) is 58.3 Å². The lowest BCUT2D eigenvalue weighted by atomic mass is 9.91. The van der Waals surface area contributed by atoms with Crippen LogP contribution in [0.15, 0.2) is 34.6 Å². The second-order valence-electron chi connectivity index (χ2n) is 5.07. The van der Waals surface area contributed by atoms with Crippen molar-refractivity contribution in [2.75, 3.05) is 0 Å². The summed E-state index contributed by atoms with van der Waals surface area (Å²) in [6, 6.07) is 0. The van der Waals surface area contributed by atoms with Gasteiger partial charge < -0.3 is 5.73 Å². The van der Waals surface area contributed by atoms with Crippen molar-refractivity contribution in [1.29, 1.82) is 0 Å². The third-order valence-corrected chi connectivity index (χ3v) is 3.58. The fourth-order valence-corrected chi connectivity index (χ4v) is 2.07. The number of hydrogen-bond acceptors (Lipinski definition) is 1. The van der Waals surface area contributed by atoms with Gasteiger partial charge in [0.2, 0.25) is 0 Å². The summed E-state index contributed by atoms with van der Waals surface area (Å²) in [5, 5.41) is 0. The molecule has 2 N–H and O–H groups in total. The maximum atomic E-state index is 6.29. The SMILES string of the molecule is C/C=C(C(\N)=C/C(C)CC)/C(CCC)=C(\C)CC. The molecule has 0 fully saturated rings. The summed E-state index contributed by atoms with van der Waals surface area (Å²) in [7, 11) is 0. The number of allylic oxidation sites excluding steroid dienone is 4. The third kappa shape index (κ3) is 5.12. The lowest BCUT2D eigenvalue weighted by molar-refractivity contribution is 0.692. The van der Waals surface area contributed by atoms with Crippen LogP contribution in [0.4, 0.5) is 0 Å². The molecule has 0 aliphatic heterocycles. The second kappa shape index (κ2) is 9.02. The van der Waals surface area contributed by atoms with Gasteiger partial charge in [-0.05, 0) is 43.8 Å². The van der Waals surface area contributed by atoms with Crippen LogP contribution in [0.5, 0.6) is 0 Å². The van der Waals surface area contributed by atoms with Crippen LogP contribution in [0, 0.1) is 5.92 Å². The molecule has 0 amide bonds. The molecule has 0 spiro atoms. The Morgan fingerprint density at radius 1 is 1.22 bits per heavy atom. The average molecular weight is 249 g/mol. The molecule has 0 aromatic rings. The summed E-state index contributed by atoms with van der Waals surface area (Å²) >= 11 is 0. The van der Waals surface area contributed by atoms with Crippen LogP contribution in [0.1, 0.15) is 67.2 Å². The van der Waals surface area contributed by atoms with E-state index < -0.39 is 0 Å². The highest BCUT2D eigenvalue weighted by Gasteiger charge is 2.10. The van der Waals surface area contributed by atoms with Gasteiger partial charge in [-0.2, -0.15) is 0 Å². The van der Waals surface area contributed by atoms with E-state index in [-0.39, 0.29) is 0 Å². The Kier molecular flexibility index (Phi) is 8.53. The van der Waals surface area contributed by atoms with Gasteiger partial charge in [-0.15, -0.1) is 0 Å². The first-order valence-electron chi connectivity index (χ1n) is 7.34. The van der Waals surface area contributed by atoms with E-state index in [9.17, 15) is 0 Å². The minimum atomic E-state index is 0.546. The van der Waals surface area contributed by atoms with Crippen LogP contribution in [-0.2, 0) is 0 Å². The summed E-state index contributed by atoms with van der Waals surface area (Å²) in [5.74, 6) is 0.546. The van der Waals surface area contributed by atoms with Gasteiger partial charge in [0.15, 0.2) is 0 Å². The van der Waals surface area contributed by atoms with Crippen LogP contribution in [0.3, 0.4) is 0 Å². The fraction of sp³-hybridized carbons (Fsp3) is 0.647. The monoisotopic (exact) mass is 249 g/mol.